The average Bonchev–Trinajstić information content (AvgIpc) is 3.50. The van der Waals surface area contributed by atoms with Crippen molar-refractivity contribution >= 4 is 33.4 Å². The third-order valence-electron chi connectivity index (χ3n) is 10.6. The Hall–Kier alpha value is -5.28. The first kappa shape index (κ1) is 31.0. The van der Waals surface area contributed by atoms with E-state index in [4.69, 9.17) is 14.4 Å². The molecule has 0 amide bonds. The van der Waals surface area contributed by atoms with Gasteiger partial charge < -0.3 is 4.42 Å². The predicted octanol–water partition coefficient (Wildman–Crippen LogP) is 12.1. The quantitative estimate of drug-likeness (QED) is 0.179. The summed E-state index contributed by atoms with van der Waals surface area (Å²) in [4.78, 5) is 10.6. The fourth-order valence-electron chi connectivity index (χ4n) is 7.81. The van der Waals surface area contributed by atoms with Gasteiger partial charge in [-0.15, -0.1) is 0 Å². The lowest BCUT2D eigenvalue weighted by Crippen LogP contribution is -2.27. The number of hydrogen-bond acceptors (Lipinski definition) is 3. The summed E-state index contributed by atoms with van der Waals surface area (Å²) in [5.74, 6) is 0.782. The minimum absolute atomic E-state index is 0.0827. The van der Waals surface area contributed by atoms with Gasteiger partial charge in [0, 0.05) is 45.6 Å². The monoisotopic (exact) mass is 638 g/mol. The van der Waals surface area contributed by atoms with Gasteiger partial charge in [-0.05, 0) is 95.0 Å². The van der Waals surface area contributed by atoms with Crippen LogP contribution in [0.25, 0.3) is 44.2 Å². The molecule has 0 fully saturated rings. The topological polar surface area (TPSA) is 37.9 Å². The lowest BCUT2D eigenvalue weighted by molar-refractivity contribution is 0.489. The molecule has 0 aliphatic carbocycles. The molecule has 3 atom stereocenters. The molecule has 2 aliphatic heterocycles. The number of benzene rings is 5. The first-order chi connectivity index (χ1) is 24.0. The van der Waals surface area contributed by atoms with Crippen molar-refractivity contribution in [2.75, 3.05) is 0 Å². The molecule has 2 aliphatic rings. The maximum absolute atomic E-state index is 6.68. The van der Waals surface area contributed by atoms with Crippen molar-refractivity contribution in [2.45, 2.75) is 57.9 Å². The molecule has 6 aromatic rings. The molecule has 0 radical (unpaired) electrons. The molecule has 0 bridgehead atoms. The summed E-state index contributed by atoms with van der Waals surface area (Å²) in [6, 6.07) is 39.4. The standard InChI is InChI=1S/C46H42N2O/c1-5-29(3)23-43-40-28-41-39-22-19-34(33-16-12-15-32(25-33)31-13-8-7-9-14-31)26-45(39)49-46(41)27-35(40)20-21-38-36-17-10-11-18-37(36)42(6-2)48-44(38)24-30(4)47-43/h6-19,22,25-29,38,44H,2,4-5,20-21,23-24H2,1,3H3/b47-43-. The Morgan fingerprint density at radius 2 is 1.53 bits per heavy atom. The van der Waals surface area contributed by atoms with Crippen LogP contribution in [0, 0.1) is 5.92 Å². The maximum Gasteiger partial charge on any atom is 0.136 e. The van der Waals surface area contributed by atoms with Gasteiger partial charge in [0.1, 0.15) is 11.2 Å². The second kappa shape index (κ2) is 13.0. The molecule has 3 unspecified atom stereocenters. The lowest BCUT2D eigenvalue weighted by atomic mass is 9.78. The number of aliphatic imine (C=N–C) groups is 2. The number of hydrogen-bond donors (Lipinski definition) is 0. The summed E-state index contributed by atoms with van der Waals surface area (Å²) in [7, 11) is 0. The van der Waals surface area contributed by atoms with Crippen LogP contribution in [0.1, 0.15) is 67.7 Å². The van der Waals surface area contributed by atoms with Crippen LogP contribution in [0.15, 0.2) is 149 Å². The number of nitrogens with zero attached hydrogens (tertiary/aromatic N) is 2. The summed E-state index contributed by atoms with van der Waals surface area (Å²) in [6.07, 6.45) is 6.54. The van der Waals surface area contributed by atoms with Gasteiger partial charge in [0.2, 0.25) is 0 Å². The summed E-state index contributed by atoms with van der Waals surface area (Å²) < 4.78 is 6.68. The molecule has 3 heterocycles. The SMILES string of the molecule is C=CC1=NC2CC(=C)/N=C(/CC(C)CC)c3cc4c(cc3CCC2c2ccccc21)oc1cc(-c2cccc(-c3ccccc3)c2)ccc14. The van der Waals surface area contributed by atoms with E-state index in [0.717, 1.165) is 76.7 Å². The highest BCUT2D eigenvalue weighted by Crippen LogP contribution is 2.41. The van der Waals surface area contributed by atoms with Gasteiger partial charge in [-0.2, -0.15) is 0 Å². The Bertz CT molecular complexity index is 2290. The van der Waals surface area contributed by atoms with Gasteiger partial charge in [-0.3, -0.25) is 9.98 Å². The molecule has 5 aromatic carbocycles. The fourth-order valence-corrected chi connectivity index (χ4v) is 7.81. The van der Waals surface area contributed by atoms with Crippen molar-refractivity contribution in [1.29, 1.82) is 0 Å². The molecule has 3 heteroatoms. The van der Waals surface area contributed by atoms with Crippen molar-refractivity contribution in [2.24, 2.45) is 15.9 Å². The van der Waals surface area contributed by atoms with E-state index in [-0.39, 0.29) is 12.0 Å². The second-order valence-corrected chi connectivity index (χ2v) is 13.8. The van der Waals surface area contributed by atoms with Gasteiger partial charge in [0.15, 0.2) is 0 Å². The van der Waals surface area contributed by atoms with Crippen LogP contribution < -0.4 is 0 Å². The van der Waals surface area contributed by atoms with Crippen molar-refractivity contribution in [3.8, 4) is 22.3 Å². The Balaban J connectivity index is 1.23. The van der Waals surface area contributed by atoms with Crippen LogP contribution in [0.3, 0.4) is 0 Å². The summed E-state index contributed by atoms with van der Waals surface area (Å²) in [5, 5.41) is 2.27. The summed E-state index contributed by atoms with van der Waals surface area (Å²) >= 11 is 0. The molecule has 0 saturated carbocycles. The highest BCUT2D eigenvalue weighted by Gasteiger charge is 2.32. The number of rotatable bonds is 6. The minimum Gasteiger partial charge on any atom is -0.456 e. The zero-order valence-corrected chi connectivity index (χ0v) is 28.5. The first-order valence-electron chi connectivity index (χ1n) is 17.7. The zero-order valence-electron chi connectivity index (χ0n) is 28.5. The first-order valence-corrected chi connectivity index (χ1v) is 17.7. The molecule has 0 N–H and O–H groups in total. The van der Waals surface area contributed by atoms with E-state index in [1.54, 1.807) is 0 Å². The van der Waals surface area contributed by atoms with E-state index in [1.807, 2.05) is 6.08 Å². The third-order valence-corrected chi connectivity index (χ3v) is 10.6. The summed E-state index contributed by atoms with van der Waals surface area (Å²) in [5.41, 5.74) is 14.6. The van der Waals surface area contributed by atoms with Crippen LogP contribution >= 0.6 is 0 Å². The fraction of sp³-hybridized carbons (Fsp3) is 0.217. The minimum atomic E-state index is 0.0827. The van der Waals surface area contributed by atoms with Crippen LogP contribution in [-0.4, -0.2) is 17.5 Å². The Kier molecular flexibility index (Phi) is 8.21. The Morgan fingerprint density at radius 1 is 0.796 bits per heavy atom. The van der Waals surface area contributed by atoms with E-state index >= 15 is 0 Å². The van der Waals surface area contributed by atoms with Gasteiger partial charge in [0.05, 0.1) is 11.8 Å². The van der Waals surface area contributed by atoms with E-state index in [2.05, 4.69) is 136 Å². The molecule has 3 nitrogen and oxygen atoms in total. The molecule has 0 saturated heterocycles. The van der Waals surface area contributed by atoms with Crippen molar-refractivity contribution in [1.82, 2.24) is 0 Å². The molecule has 242 valence electrons. The Labute approximate surface area is 289 Å². The molecule has 49 heavy (non-hydrogen) atoms. The largest absolute Gasteiger partial charge is 0.456 e. The van der Waals surface area contributed by atoms with Crippen molar-refractivity contribution < 1.29 is 4.42 Å². The van der Waals surface area contributed by atoms with Gasteiger partial charge in [-0.1, -0.05) is 112 Å². The highest BCUT2D eigenvalue weighted by atomic mass is 16.3. The van der Waals surface area contributed by atoms with Crippen LogP contribution in [-0.2, 0) is 6.42 Å². The predicted molar refractivity (Wildman–Crippen MR) is 207 cm³/mol. The molecule has 1 aromatic heterocycles. The smallest absolute Gasteiger partial charge is 0.136 e. The highest BCUT2D eigenvalue weighted by molar-refractivity contribution is 6.12. The Morgan fingerprint density at radius 3 is 2.35 bits per heavy atom. The normalized spacial score (nSPS) is 19.3. The molecule has 8 rings (SSSR count). The van der Waals surface area contributed by atoms with Gasteiger partial charge in [-0.25, -0.2) is 0 Å². The summed E-state index contributed by atoms with van der Waals surface area (Å²) in [6.45, 7) is 13.2. The van der Waals surface area contributed by atoms with Crippen molar-refractivity contribution in [3.05, 3.63) is 156 Å². The maximum atomic E-state index is 6.68. The van der Waals surface area contributed by atoms with E-state index < -0.39 is 0 Å². The number of aryl methyl sites for hydroxylation is 1. The van der Waals surface area contributed by atoms with Crippen molar-refractivity contribution in [3.63, 3.8) is 0 Å². The van der Waals surface area contributed by atoms with Gasteiger partial charge in [0.25, 0.3) is 0 Å². The van der Waals surface area contributed by atoms with E-state index in [9.17, 15) is 0 Å². The van der Waals surface area contributed by atoms with Crippen LogP contribution in [0.2, 0.25) is 0 Å². The molecular formula is C46H42N2O. The molecule has 0 spiro atoms. The number of allylic oxidation sites excluding steroid dienone is 1. The van der Waals surface area contributed by atoms with Crippen LogP contribution in [0.4, 0.5) is 0 Å². The van der Waals surface area contributed by atoms with Crippen LogP contribution in [0.5, 0.6) is 0 Å². The lowest BCUT2D eigenvalue weighted by Gasteiger charge is -2.32. The average molecular weight is 639 g/mol. The molecular weight excluding hydrogens is 597 g/mol. The number of furan rings is 1. The number of fused-ring (bicyclic) bond motifs is 7. The third kappa shape index (κ3) is 5.88. The van der Waals surface area contributed by atoms with E-state index in [1.165, 1.54) is 38.9 Å². The second-order valence-electron chi connectivity index (χ2n) is 13.8. The van der Waals surface area contributed by atoms with E-state index in [0.29, 0.717) is 5.92 Å². The zero-order chi connectivity index (χ0) is 33.5. The van der Waals surface area contributed by atoms with Gasteiger partial charge >= 0.3 is 0 Å².